The highest BCUT2D eigenvalue weighted by Crippen LogP contribution is 2.40. The summed E-state index contributed by atoms with van der Waals surface area (Å²) in [6.07, 6.45) is -6.65. The standard InChI is InChI=1S/C20H25F3N2O6S/c1-18(2)26-9-12(29-18)14-13(15-16(27-14)31-19(3,4)30-15)25-17(32)24-10-5-7-11(8-6-10)28-20(21,22)23/h5-8,12-16H,9H2,1-4H3,(H2,24,25,32)/t12-,13-,14-,15-,16-/m1/s1. The van der Waals surface area contributed by atoms with E-state index in [9.17, 15) is 13.2 Å². The van der Waals surface area contributed by atoms with E-state index < -0.39 is 42.5 Å². The lowest BCUT2D eigenvalue weighted by molar-refractivity contribution is -0.274. The van der Waals surface area contributed by atoms with Crippen LogP contribution in [0.5, 0.6) is 5.75 Å². The normalized spacial score (nSPS) is 33.0. The Morgan fingerprint density at radius 3 is 2.31 bits per heavy atom. The van der Waals surface area contributed by atoms with Crippen LogP contribution < -0.4 is 15.4 Å². The molecule has 0 bridgehead atoms. The van der Waals surface area contributed by atoms with Crippen LogP contribution in [0.15, 0.2) is 24.3 Å². The molecule has 1 aromatic carbocycles. The second kappa shape index (κ2) is 8.26. The van der Waals surface area contributed by atoms with Gasteiger partial charge in [0, 0.05) is 5.69 Å². The van der Waals surface area contributed by atoms with E-state index in [0.717, 1.165) is 0 Å². The van der Waals surface area contributed by atoms with E-state index in [2.05, 4.69) is 15.4 Å². The molecule has 0 saturated carbocycles. The van der Waals surface area contributed by atoms with Gasteiger partial charge in [-0.1, -0.05) is 0 Å². The zero-order chi connectivity index (χ0) is 23.3. The maximum atomic E-state index is 12.3. The number of rotatable bonds is 4. The molecule has 0 aliphatic carbocycles. The number of nitrogens with one attached hydrogen (secondary N) is 2. The Labute approximate surface area is 188 Å². The van der Waals surface area contributed by atoms with Gasteiger partial charge >= 0.3 is 6.36 Å². The number of thiocarbonyl (C=S) groups is 1. The van der Waals surface area contributed by atoms with Crippen LogP contribution in [-0.2, 0) is 23.7 Å². The van der Waals surface area contributed by atoms with Crippen LogP contribution in [0, 0.1) is 0 Å². The van der Waals surface area contributed by atoms with Crippen LogP contribution >= 0.6 is 12.2 Å². The molecule has 3 saturated heterocycles. The number of ether oxygens (including phenoxy) is 6. The summed E-state index contributed by atoms with van der Waals surface area (Å²) in [5.74, 6) is -1.89. The number of alkyl halides is 3. The van der Waals surface area contributed by atoms with Crippen molar-refractivity contribution in [2.45, 2.75) is 76.3 Å². The Balaban J connectivity index is 1.43. The van der Waals surface area contributed by atoms with E-state index in [4.69, 9.17) is 35.9 Å². The van der Waals surface area contributed by atoms with Gasteiger partial charge in [0.05, 0.1) is 12.6 Å². The maximum absolute atomic E-state index is 12.3. The average Bonchev–Trinajstić information content (AvgIpc) is 3.25. The molecule has 32 heavy (non-hydrogen) atoms. The van der Waals surface area contributed by atoms with Crippen LogP contribution in [0.1, 0.15) is 27.7 Å². The van der Waals surface area contributed by atoms with Gasteiger partial charge in [-0.25, -0.2) is 0 Å². The average molecular weight is 478 g/mol. The summed E-state index contributed by atoms with van der Waals surface area (Å²) in [5, 5.41) is 6.37. The van der Waals surface area contributed by atoms with E-state index in [1.165, 1.54) is 24.3 Å². The van der Waals surface area contributed by atoms with Crippen LogP contribution in [0.3, 0.4) is 0 Å². The first-order valence-corrected chi connectivity index (χ1v) is 10.5. The number of hydrogen-bond donors (Lipinski definition) is 2. The molecule has 3 fully saturated rings. The number of benzene rings is 1. The molecular weight excluding hydrogens is 453 g/mol. The fraction of sp³-hybridized carbons (Fsp3) is 0.650. The van der Waals surface area contributed by atoms with Gasteiger partial charge in [-0.05, 0) is 64.2 Å². The zero-order valence-electron chi connectivity index (χ0n) is 17.9. The first-order chi connectivity index (χ1) is 14.8. The topological polar surface area (TPSA) is 79.4 Å². The fourth-order valence-electron chi connectivity index (χ4n) is 3.95. The molecule has 0 radical (unpaired) electrons. The van der Waals surface area contributed by atoms with Crippen LogP contribution in [-0.4, -0.2) is 60.3 Å². The lowest BCUT2D eigenvalue weighted by atomic mass is 10.0. The summed E-state index contributed by atoms with van der Waals surface area (Å²) < 4.78 is 70.5. The van der Waals surface area contributed by atoms with Gasteiger partial charge in [0.2, 0.25) is 0 Å². The van der Waals surface area contributed by atoms with Crippen molar-refractivity contribution in [3.63, 3.8) is 0 Å². The number of halogens is 3. The van der Waals surface area contributed by atoms with Crippen molar-refractivity contribution in [1.82, 2.24) is 5.32 Å². The largest absolute Gasteiger partial charge is 0.573 e. The lowest BCUT2D eigenvalue weighted by Crippen LogP contribution is -2.53. The van der Waals surface area contributed by atoms with Crippen molar-refractivity contribution in [3.05, 3.63) is 24.3 Å². The molecule has 0 unspecified atom stereocenters. The Hall–Kier alpha value is -1.70. The first-order valence-electron chi connectivity index (χ1n) is 10.1. The van der Waals surface area contributed by atoms with E-state index in [-0.39, 0.29) is 17.0 Å². The highest BCUT2D eigenvalue weighted by molar-refractivity contribution is 7.80. The molecule has 0 aromatic heterocycles. The summed E-state index contributed by atoms with van der Waals surface area (Å²) in [6, 6.07) is 4.82. The Morgan fingerprint density at radius 2 is 1.72 bits per heavy atom. The molecule has 2 N–H and O–H groups in total. The predicted molar refractivity (Wildman–Crippen MR) is 110 cm³/mol. The molecule has 178 valence electrons. The fourth-order valence-corrected chi connectivity index (χ4v) is 4.21. The lowest BCUT2D eigenvalue weighted by Gasteiger charge is -2.30. The van der Waals surface area contributed by atoms with Crippen LogP contribution in [0.2, 0.25) is 0 Å². The molecule has 1 aromatic rings. The highest BCUT2D eigenvalue weighted by atomic mass is 32.1. The second-order valence-electron chi connectivity index (χ2n) is 8.63. The van der Waals surface area contributed by atoms with Crippen molar-refractivity contribution in [2.24, 2.45) is 0 Å². The van der Waals surface area contributed by atoms with Gasteiger partial charge in [0.15, 0.2) is 23.0 Å². The van der Waals surface area contributed by atoms with Gasteiger partial charge in [0.25, 0.3) is 0 Å². The minimum atomic E-state index is -4.75. The summed E-state index contributed by atoms with van der Waals surface area (Å²) in [6.45, 7) is 7.55. The Bertz CT molecular complexity index is 851. The molecule has 3 heterocycles. The van der Waals surface area contributed by atoms with E-state index in [1.807, 2.05) is 13.8 Å². The summed E-state index contributed by atoms with van der Waals surface area (Å²) in [4.78, 5) is 0. The quantitative estimate of drug-likeness (QED) is 0.634. The van der Waals surface area contributed by atoms with Crippen molar-refractivity contribution in [3.8, 4) is 5.75 Å². The summed E-state index contributed by atoms with van der Waals surface area (Å²) in [7, 11) is 0. The van der Waals surface area contributed by atoms with Crippen molar-refractivity contribution >= 4 is 23.0 Å². The Kier molecular flexibility index (Phi) is 6.06. The SMILES string of the molecule is CC1(C)O[C@H]2O[C@H]([C@H]3COC(C)(C)O3)[C@@H](NC(=S)Nc3ccc(OC(F)(F)F)cc3)[C@H]2O1. The monoisotopic (exact) mass is 478 g/mol. The number of hydrogen-bond acceptors (Lipinski definition) is 7. The van der Waals surface area contributed by atoms with Gasteiger partial charge < -0.3 is 39.1 Å². The zero-order valence-corrected chi connectivity index (χ0v) is 18.7. The molecule has 4 rings (SSSR count). The molecule has 0 spiro atoms. The molecule has 8 nitrogen and oxygen atoms in total. The third-order valence-electron chi connectivity index (χ3n) is 5.13. The molecule has 3 aliphatic heterocycles. The van der Waals surface area contributed by atoms with Crippen molar-refractivity contribution in [2.75, 3.05) is 11.9 Å². The maximum Gasteiger partial charge on any atom is 0.573 e. The molecular formula is C20H25F3N2O6S. The van der Waals surface area contributed by atoms with Crippen molar-refractivity contribution < 1.29 is 41.6 Å². The number of anilines is 1. The smallest absolute Gasteiger partial charge is 0.406 e. The summed E-state index contributed by atoms with van der Waals surface area (Å²) in [5.41, 5.74) is 0.481. The van der Waals surface area contributed by atoms with E-state index in [0.29, 0.717) is 12.3 Å². The molecule has 12 heteroatoms. The van der Waals surface area contributed by atoms with E-state index >= 15 is 0 Å². The Morgan fingerprint density at radius 1 is 1.03 bits per heavy atom. The minimum absolute atomic E-state index is 0.236. The van der Waals surface area contributed by atoms with Crippen LogP contribution in [0.25, 0.3) is 0 Å². The summed E-state index contributed by atoms with van der Waals surface area (Å²) >= 11 is 5.43. The van der Waals surface area contributed by atoms with Gasteiger partial charge in [-0.2, -0.15) is 0 Å². The first kappa shape index (κ1) is 23.5. The predicted octanol–water partition coefficient (Wildman–Crippen LogP) is 3.27. The van der Waals surface area contributed by atoms with E-state index in [1.54, 1.807) is 13.8 Å². The van der Waals surface area contributed by atoms with Crippen molar-refractivity contribution in [1.29, 1.82) is 0 Å². The molecule has 3 aliphatic rings. The third-order valence-corrected chi connectivity index (χ3v) is 5.35. The highest BCUT2D eigenvalue weighted by Gasteiger charge is 2.58. The minimum Gasteiger partial charge on any atom is -0.406 e. The van der Waals surface area contributed by atoms with Gasteiger partial charge in [-0.3, -0.25) is 0 Å². The van der Waals surface area contributed by atoms with Gasteiger partial charge in [-0.15, -0.1) is 13.2 Å². The molecule has 0 amide bonds. The second-order valence-corrected chi connectivity index (χ2v) is 9.04. The third kappa shape index (κ3) is 5.43. The molecule has 5 atom stereocenters. The van der Waals surface area contributed by atoms with Gasteiger partial charge in [0.1, 0.15) is 24.1 Å². The number of fused-ring (bicyclic) bond motifs is 1. The van der Waals surface area contributed by atoms with Crippen LogP contribution in [0.4, 0.5) is 18.9 Å².